The minimum atomic E-state index is -0.280. The Labute approximate surface area is 127 Å². The number of rotatable bonds is 7. The number of carbonyl (C=O) groups excluding carboxylic acids is 2. The van der Waals surface area contributed by atoms with Crippen LogP contribution >= 0.6 is 0 Å². The molecule has 0 fully saturated rings. The molecule has 21 heavy (non-hydrogen) atoms. The normalized spacial score (nSPS) is 12.0. The van der Waals surface area contributed by atoms with E-state index in [1.807, 2.05) is 31.2 Å². The number of amides is 2. The first-order chi connectivity index (χ1) is 9.96. The van der Waals surface area contributed by atoms with E-state index in [4.69, 9.17) is 0 Å². The molecule has 1 atom stereocenters. The molecule has 0 radical (unpaired) electrons. The molecule has 0 spiro atoms. The first kappa shape index (κ1) is 17.2. The largest absolute Gasteiger partial charge is 0.353 e. The summed E-state index contributed by atoms with van der Waals surface area (Å²) in [6, 6.07) is 7.82. The van der Waals surface area contributed by atoms with Crippen molar-refractivity contribution in [1.29, 1.82) is 0 Å². The maximum Gasteiger partial charge on any atom is 0.222 e. The van der Waals surface area contributed by atoms with Crippen molar-refractivity contribution in [2.75, 3.05) is 0 Å². The number of aryl methyl sites for hydroxylation is 1. The van der Waals surface area contributed by atoms with Crippen molar-refractivity contribution >= 4 is 11.8 Å². The topological polar surface area (TPSA) is 58.2 Å². The van der Waals surface area contributed by atoms with Gasteiger partial charge in [-0.2, -0.15) is 0 Å². The summed E-state index contributed by atoms with van der Waals surface area (Å²) < 4.78 is 0. The van der Waals surface area contributed by atoms with Crippen LogP contribution in [0.3, 0.4) is 0 Å². The Kier molecular flexibility index (Phi) is 6.92. The molecule has 1 aromatic carbocycles. The van der Waals surface area contributed by atoms with Crippen molar-refractivity contribution in [3.05, 3.63) is 35.4 Å². The van der Waals surface area contributed by atoms with E-state index >= 15 is 0 Å². The predicted octanol–water partition coefficient (Wildman–Crippen LogP) is 2.87. The van der Waals surface area contributed by atoms with Crippen LogP contribution in [0.1, 0.15) is 57.2 Å². The van der Waals surface area contributed by atoms with E-state index in [-0.39, 0.29) is 30.3 Å². The third-order valence-electron chi connectivity index (χ3n) is 3.60. The summed E-state index contributed by atoms with van der Waals surface area (Å²) in [4.78, 5) is 23.5. The molecule has 0 saturated carbocycles. The average Bonchev–Trinajstić information content (AvgIpc) is 2.44. The maximum absolute atomic E-state index is 12.1. The lowest BCUT2D eigenvalue weighted by atomic mass is 10.0. The number of carbonyl (C=O) groups is 2. The van der Waals surface area contributed by atoms with Crippen LogP contribution in [0.15, 0.2) is 24.3 Å². The highest BCUT2D eigenvalue weighted by Gasteiger charge is 2.18. The standard InChI is InChI=1S/C17H26N2O2/c1-5-15(6-2)19-17(21)11-16(18-13(4)20)14-9-7-12(3)8-10-14/h7-10,15-16H,5-6,11H2,1-4H3,(H,18,20)(H,19,21). The summed E-state index contributed by atoms with van der Waals surface area (Å²) in [6.45, 7) is 7.59. The second kappa shape index (κ2) is 8.45. The van der Waals surface area contributed by atoms with Crippen molar-refractivity contribution < 1.29 is 9.59 Å². The first-order valence-corrected chi connectivity index (χ1v) is 7.59. The lowest BCUT2D eigenvalue weighted by molar-refractivity contribution is -0.123. The monoisotopic (exact) mass is 290 g/mol. The molecule has 1 aromatic rings. The van der Waals surface area contributed by atoms with Crippen LogP contribution in [0.25, 0.3) is 0 Å². The molecule has 116 valence electrons. The van der Waals surface area contributed by atoms with Gasteiger partial charge in [0, 0.05) is 13.0 Å². The van der Waals surface area contributed by atoms with Gasteiger partial charge >= 0.3 is 0 Å². The number of hydrogen-bond donors (Lipinski definition) is 2. The van der Waals surface area contributed by atoms with Crippen LogP contribution in [0.5, 0.6) is 0 Å². The summed E-state index contributed by atoms with van der Waals surface area (Å²) >= 11 is 0. The van der Waals surface area contributed by atoms with E-state index in [1.54, 1.807) is 0 Å². The molecule has 0 aromatic heterocycles. The molecule has 0 aliphatic carbocycles. The quantitative estimate of drug-likeness (QED) is 0.811. The van der Waals surface area contributed by atoms with Gasteiger partial charge in [-0.05, 0) is 25.3 Å². The van der Waals surface area contributed by atoms with Gasteiger partial charge in [0.1, 0.15) is 0 Å². The van der Waals surface area contributed by atoms with Crippen molar-refractivity contribution in [2.24, 2.45) is 0 Å². The zero-order chi connectivity index (χ0) is 15.8. The van der Waals surface area contributed by atoms with Gasteiger partial charge < -0.3 is 10.6 Å². The lowest BCUT2D eigenvalue weighted by Crippen LogP contribution is -2.37. The van der Waals surface area contributed by atoms with Crippen LogP contribution in [-0.2, 0) is 9.59 Å². The van der Waals surface area contributed by atoms with Crippen molar-refractivity contribution in [3.63, 3.8) is 0 Å². The highest BCUT2D eigenvalue weighted by Crippen LogP contribution is 2.18. The summed E-state index contributed by atoms with van der Waals surface area (Å²) in [5.74, 6) is -0.154. The first-order valence-electron chi connectivity index (χ1n) is 7.59. The molecule has 2 amide bonds. The van der Waals surface area contributed by atoms with Gasteiger partial charge in [-0.1, -0.05) is 43.7 Å². The number of hydrogen-bond acceptors (Lipinski definition) is 2. The molecule has 0 aliphatic heterocycles. The zero-order valence-corrected chi connectivity index (χ0v) is 13.4. The summed E-state index contributed by atoms with van der Waals surface area (Å²) in [6.07, 6.45) is 2.09. The Hall–Kier alpha value is -1.84. The minimum absolute atomic E-state index is 0.0250. The average molecular weight is 290 g/mol. The van der Waals surface area contributed by atoms with Gasteiger partial charge in [-0.25, -0.2) is 0 Å². The molecule has 1 rings (SSSR count). The van der Waals surface area contributed by atoms with Crippen LogP contribution in [0.4, 0.5) is 0 Å². The third-order valence-corrected chi connectivity index (χ3v) is 3.60. The molecule has 0 aliphatic rings. The molecule has 4 nitrogen and oxygen atoms in total. The van der Waals surface area contributed by atoms with E-state index in [2.05, 4.69) is 24.5 Å². The van der Waals surface area contributed by atoms with Gasteiger partial charge in [-0.15, -0.1) is 0 Å². The van der Waals surface area contributed by atoms with Gasteiger partial charge in [0.25, 0.3) is 0 Å². The summed E-state index contributed by atoms with van der Waals surface area (Å²) in [5.41, 5.74) is 2.11. The second-order valence-corrected chi connectivity index (χ2v) is 5.45. The van der Waals surface area contributed by atoms with E-state index in [0.29, 0.717) is 0 Å². The van der Waals surface area contributed by atoms with Crippen LogP contribution in [-0.4, -0.2) is 17.9 Å². The Balaban J connectivity index is 2.76. The SMILES string of the molecule is CCC(CC)NC(=O)CC(NC(C)=O)c1ccc(C)cc1. The summed E-state index contributed by atoms with van der Waals surface area (Å²) in [5, 5.41) is 5.87. The Morgan fingerprint density at radius 2 is 1.62 bits per heavy atom. The minimum Gasteiger partial charge on any atom is -0.353 e. The van der Waals surface area contributed by atoms with E-state index < -0.39 is 0 Å². The fourth-order valence-corrected chi connectivity index (χ4v) is 2.26. The molecule has 0 heterocycles. The fraction of sp³-hybridized carbons (Fsp3) is 0.529. The van der Waals surface area contributed by atoms with Crippen molar-refractivity contribution in [3.8, 4) is 0 Å². The Morgan fingerprint density at radius 3 is 2.10 bits per heavy atom. The van der Waals surface area contributed by atoms with Crippen molar-refractivity contribution in [2.45, 2.75) is 59.0 Å². The van der Waals surface area contributed by atoms with Crippen LogP contribution in [0, 0.1) is 6.92 Å². The summed E-state index contributed by atoms with van der Waals surface area (Å²) in [7, 11) is 0. The molecule has 2 N–H and O–H groups in total. The second-order valence-electron chi connectivity index (χ2n) is 5.45. The van der Waals surface area contributed by atoms with Gasteiger partial charge in [0.15, 0.2) is 0 Å². The van der Waals surface area contributed by atoms with Gasteiger partial charge in [0.05, 0.1) is 12.5 Å². The number of benzene rings is 1. The van der Waals surface area contributed by atoms with E-state index in [0.717, 1.165) is 24.0 Å². The molecule has 0 bridgehead atoms. The molecular weight excluding hydrogens is 264 g/mol. The maximum atomic E-state index is 12.1. The predicted molar refractivity (Wildman–Crippen MR) is 84.9 cm³/mol. The van der Waals surface area contributed by atoms with Gasteiger partial charge in [-0.3, -0.25) is 9.59 Å². The van der Waals surface area contributed by atoms with Crippen LogP contribution in [0.2, 0.25) is 0 Å². The third kappa shape index (κ3) is 5.98. The zero-order valence-electron chi connectivity index (χ0n) is 13.4. The van der Waals surface area contributed by atoms with E-state index in [1.165, 1.54) is 6.92 Å². The van der Waals surface area contributed by atoms with Crippen molar-refractivity contribution in [1.82, 2.24) is 10.6 Å². The number of nitrogens with one attached hydrogen (secondary N) is 2. The fourth-order valence-electron chi connectivity index (χ4n) is 2.26. The highest BCUT2D eigenvalue weighted by atomic mass is 16.2. The molecule has 0 saturated heterocycles. The van der Waals surface area contributed by atoms with E-state index in [9.17, 15) is 9.59 Å². The molecule has 4 heteroatoms. The Morgan fingerprint density at radius 1 is 1.05 bits per heavy atom. The molecular formula is C17H26N2O2. The highest BCUT2D eigenvalue weighted by molar-refractivity contribution is 5.79. The Bertz CT molecular complexity index is 464. The van der Waals surface area contributed by atoms with Crippen LogP contribution < -0.4 is 10.6 Å². The van der Waals surface area contributed by atoms with Gasteiger partial charge in [0.2, 0.25) is 11.8 Å². The smallest absolute Gasteiger partial charge is 0.222 e. The molecule has 1 unspecified atom stereocenters. The lowest BCUT2D eigenvalue weighted by Gasteiger charge is -2.20.